The molecule has 1 aromatic heterocycles. The molecule has 0 unspecified atom stereocenters. The smallest absolute Gasteiger partial charge is 0.117 e. The number of hydrogen-bond acceptors (Lipinski definition) is 3. The van der Waals surface area contributed by atoms with Gasteiger partial charge in [-0.2, -0.15) is 15.0 Å². The summed E-state index contributed by atoms with van der Waals surface area (Å²) in [5.74, 6) is 0. The Hall–Kier alpha value is -2.17. The lowest BCUT2D eigenvalue weighted by atomic mass is 10.1. The molecule has 0 spiro atoms. The zero-order chi connectivity index (χ0) is 17.6. The van der Waals surface area contributed by atoms with Gasteiger partial charge in [0.15, 0.2) is 0 Å². The lowest BCUT2D eigenvalue weighted by molar-refractivity contribution is 0.520. The molecule has 25 heavy (non-hydrogen) atoms. The first kappa shape index (κ1) is 17.6. The van der Waals surface area contributed by atoms with Crippen LogP contribution in [0, 0.1) is 0 Å². The van der Waals surface area contributed by atoms with E-state index in [4.69, 9.17) is 21.8 Å². The van der Waals surface area contributed by atoms with Crippen LogP contribution < -0.4 is 5.32 Å². The molecule has 0 aliphatic carbocycles. The first-order valence-electron chi connectivity index (χ1n) is 8.63. The van der Waals surface area contributed by atoms with Crippen LogP contribution in [0.1, 0.15) is 31.5 Å². The zero-order valence-electron chi connectivity index (χ0n) is 14.6. The molecule has 2 aromatic carbocycles. The summed E-state index contributed by atoms with van der Waals surface area (Å²) >= 11 is 6.08. The molecular weight excluding hydrogens is 332 g/mol. The Labute approximate surface area is 153 Å². The molecule has 0 aliphatic rings. The fourth-order valence-electron chi connectivity index (χ4n) is 2.61. The SMILES string of the molecule is CC[C@@H](C)NCc1nn(Cc2cccc(Cl)c2)nc1-c1ccccc1. The van der Waals surface area contributed by atoms with Crippen LogP contribution >= 0.6 is 11.6 Å². The van der Waals surface area contributed by atoms with Crippen LogP contribution in [-0.2, 0) is 13.1 Å². The minimum Gasteiger partial charge on any atom is -0.309 e. The van der Waals surface area contributed by atoms with Gasteiger partial charge in [-0.05, 0) is 31.0 Å². The Bertz CT molecular complexity index is 814. The highest BCUT2D eigenvalue weighted by Gasteiger charge is 2.14. The van der Waals surface area contributed by atoms with E-state index in [1.165, 1.54) is 0 Å². The average Bonchev–Trinajstić information content (AvgIpc) is 3.03. The number of nitrogens with zero attached hydrogens (tertiary/aromatic N) is 3. The van der Waals surface area contributed by atoms with Crippen molar-refractivity contribution in [3.05, 3.63) is 70.9 Å². The van der Waals surface area contributed by atoms with Gasteiger partial charge in [-0.25, -0.2) is 0 Å². The molecule has 0 bridgehead atoms. The predicted octanol–water partition coefficient (Wildman–Crippen LogP) is 4.53. The van der Waals surface area contributed by atoms with Gasteiger partial charge >= 0.3 is 0 Å². The normalized spacial score (nSPS) is 12.3. The Morgan fingerprint density at radius 3 is 2.60 bits per heavy atom. The molecule has 5 heteroatoms. The van der Waals surface area contributed by atoms with Crippen molar-refractivity contribution in [3.63, 3.8) is 0 Å². The quantitative estimate of drug-likeness (QED) is 0.677. The Morgan fingerprint density at radius 1 is 1.08 bits per heavy atom. The molecule has 0 saturated carbocycles. The van der Waals surface area contributed by atoms with Gasteiger partial charge in [0, 0.05) is 23.2 Å². The topological polar surface area (TPSA) is 42.7 Å². The predicted molar refractivity (Wildman–Crippen MR) is 103 cm³/mol. The molecule has 3 aromatic rings. The highest BCUT2D eigenvalue weighted by molar-refractivity contribution is 6.30. The third-order valence-electron chi connectivity index (χ3n) is 4.22. The van der Waals surface area contributed by atoms with Crippen LogP contribution in [0.15, 0.2) is 54.6 Å². The third kappa shape index (κ3) is 4.68. The number of benzene rings is 2. The Morgan fingerprint density at radius 2 is 1.88 bits per heavy atom. The minimum atomic E-state index is 0.446. The van der Waals surface area contributed by atoms with Crippen molar-refractivity contribution in [2.45, 2.75) is 39.4 Å². The summed E-state index contributed by atoms with van der Waals surface area (Å²) in [5.41, 5.74) is 4.07. The van der Waals surface area contributed by atoms with Gasteiger partial charge in [-0.1, -0.05) is 61.0 Å². The second-order valence-corrected chi connectivity index (χ2v) is 6.65. The summed E-state index contributed by atoms with van der Waals surface area (Å²) in [6.45, 7) is 5.66. The fourth-order valence-corrected chi connectivity index (χ4v) is 2.82. The second-order valence-electron chi connectivity index (χ2n) is 6.21. The van der Waals surface area contributed by atoms with Crippen molar-refractivity contribution in [1.82, 2.24) is 20.3 Å². The molecular formula is C20H23ClN4. The van der Waals surface area contributed by atoms with Crippen LogP contribution in [0.5, 0.6) is 0 Å². The summed E-state index contributed by atoms with van der Waals surface area (Å²) in [5, 5.41) is 13.7. The second kappa shape index (κ2) is 8.28. The van der Waals surface area contributed by atoms with Gasteiger partial charge in [0.05, 0.1) is 6.54 Å². The van der Waals surface area contributed by atoms with Gasteiger partial charge < -0.3 is 5.32 Å². The minimum absolute atomic E-state index is 0.446. The van der Waals surface area contributed by atoms with Crippen molar-refractivity contribution in [2.75, 3.05) is 0 Å². The summed E-state index contributed by atoms with van der Waals surface area (Å²) in [6.07, 6.45) is 1.08. The summed E-state index contributed by atoms with van der Waals surface area (Å²) < 4.78 is 0. The molecule has 1 atom stereocenters. The van der Waals surface area contributed by atoms with Gasteiger partial charge in [0.1, 0.15) is 11.4 Å². The molecule has 0 aliphatic heterocycles. The van der Waals surface area contributed by atoms with Crippen LogP contribution in [0.3, 0.4) is 0 Å². The van der Waals surface area contributed by atoms with Crippen LogP contribution in [0.4, 0.5) is 0 Å². The van der Waals surface area contributed by atoms with E-state index in [-0.39, 0.29) is 0 Å². The number of halogens is 1. The Balaban J connectivity index is 1.88. The van der Waals surface area contributed by atoms with Gasteiger partial charge in [0.25, 0.3) is 0 Å². The first-order chi connectivity index (χ1) is 12.2. The third-order valence-corrected chi connectivity index (χ3v) is 4.45. The van der Waals surface area contributed by atoms with Crippen molar-refractivity contribution >= 4 is 11.6 Å². The van der Waals surface area contributed by atoms with Crippen LogP contribution in [0.2, 0.25) is 5.02 Å². The van der Waals surface area contributed by atoms with Crippen molar-refractivity contribution in [3.8, 4) is 11.3 Å². The van der Waals surface area contributed by atoms with E-state index in [0.29, 0.717) is 19.1 Å². The molecule has 1 N–H and O–H groups in total. The molecule has 4 nitrogen and oxygen atoms in total. The Kier molecular flexibility index (Phi) is 5.84. The fraction of sp³-hybridized carbons (Fsp3) is 0.300. The van der Waals surface area contributed by atoms with Gasteiger partial charge in [-0.15, -0.1) is 0 Å². The zero-order valence-corrected chi connectivity index (χ0v) is 15.4. The first-order valence-corrected chi connectivity index (χ1v) is 9.00. The maximum atomic E-state index is 6.08. The van der Waals surface area contributed by atoms with Crippen molar-refractivity contribution in [2.24, 2.45) is 0 Å². The number of rotatable bonds is 7. The molecule has 0 fully saturated rings. The number of hydrogen-bond donors (Lipinski definition) is 1. The van der Waals surface area contributed by atoms with E-state index in [1.54, 1.807) is 4.80 Å². The maximum Gasteiger partial charge on any atom is 0.117 e. The summed E-state index contributed by atoms with van der Waals surface area (Å²) in [6, 6.07) is 18.5. The monoisotopic (exact) mass is 354 g/mol. The van der Waals surface area contributed by atoms with E-state index >= 15 is 0 Å². The summed E-state index contributed by atoms with van der Waals surface area (Å²) in [7, 11) is 0. The van der Waals surface area contributed by atoms with Crippen LogP contribution in [-0.4, -0.2) is 21.0 Å². The van der Waals surface area contributed by atoms with E-state index in [9.17, 15) is 0 Å². The van der Waals surface area contributed by atoms with E-state index < -0.39 is 0 Å². The molecule has 0 radical (unpaired) electrons. The largest absolute Gasteiger partial charge is 0.309 e. The lowest BCUT2D eigenvalue weighted by Crippen LogP contribution is -2.25. The summed E-state index contributed by atoms with van der Waals surface area (Å²) in [4.78, 5) is 1.75. The number of nitrogens with one attached hydrogen (secondary N) is 1. The molecule has 0 saturated heterocycles. The van der Waals surface area contributed by atoms with Crippen molar-refractivity contribution < 1.29 is 0 Å². The molecule has 3 rings (SSSR count). The highest BCUT2D eigenvalue weighted by atomic mass is 35.5. The standard InChI is InChI=1S/C20H23ClN4/c1-3-15(2)22-13-19-20(17-9-5-4-6-10-17)24-25(23-19)14-16-8-7-11-18(21)12-16/h4-12,15,22H,3,13-14H2,1-2H3/t15-/m1/s1. The maximum absolute atomic E-state index is 6.08. The van der Waals surface area contributed by atoms with Crippen LogP contribution in [0.25, 0.3) is 11.3 Å². The van der Waals surface area contributed by atoms with Gasteiger partial charge in [0.2, 0.25) is 0 Å². The van der Waals surface area contributed by atoms with E-state index in [2.05, 4.69) is 31.3 Å². The van der Waals surface area contributed by atoms with Crippen molar-refractivity contribution in [1.29, 1.82) is 0 Å². The lowest BCUT2D eigenvalue weighted by Gasteiger charge is -2.10. The molecule has 0 amide bonds. The van der Waals surface area contributed by atoms with Gasteiger partial charge in [-0.3, -0.25) is 0 Å². The molecule has 130 valence electrons. The number of aromatic nitrogens is 3. The van der Waals surface area contributed by atoms with E-state index in [1.807, 2.05) is 42.5 Å². The molecule has 1 heterocycles. The van der Waals surface area contributed by atoms with E-state index in [0.717, 1.165) is 34.0 Å². The highest BCUT2D eigenvalue weighted by Crippen LogP contribution is 2.21. The average molecular weight is 355 g/mol.